The zero-order valence-corrected chi connectivity index (χ0v) is 14.5. The zero-order valence-electron chi connectivity index (χ0n) is 14.5. The summed E-state index contributed by atoms with van der Waals surface area (Å²) in [6.07, 6.45) is 1.78. The molecule has 7 heteroatoms. The van der Waals surface area contributed by atoms with Crippen molar-refractivity contribution in [2.45, 2.75) is 52.1 Å². The number of likely N-dealkylation sites (N-methyl/N-ethyl adjacent to an activating group) is 1. The maximum atomic E-state index is 12.6. The van der Waals surface area contributed by atoms with E-state index in [1.54, 1.807) is 6.92 Å². The minimum atomic E-state index is -0.881. The van der Waals surface area contributed by atoms with Crippen molar-refractivity contribution in [3.63, 3.8) is 0 Å². The van der Waals surface area contributed by atoms with Gasteiger partial charge in [0.15, 0.2) is 0 Å². The highest BCUT2D eigenvalue weighted by molar-refractivity contribution is 6.07. The van der Waals surface area contributed by atoms with Gasteiger partial charge in [-0.2, -0.15) is 0 Å². The lowest BCUT2D eigenvalue weighted by atomic mass is 9.79. The summed E-state index contributed by atoms with van der Waals surface area (Å²) in [4.78, 5) is 40.1. The molecule has 2 aliphatic heterocycles. The van der Waals surface area contributed by atoms with E-state index in [-0.39, 0.29) is 23.8 Å². The molecular weight excluding hydrogens is 296 g/mol. The van der Waals surface area contributed by atoms with E-state index in [1.807, 2.05) is 25.7 Å². The number of likely N-dealkylation sites (tertiary alicyclic amines) is 1. The van der Waals surface area contributed by atoms with E-state index in [0.29, 0.717) is 19.6 Å². The third-order valence-electron chi connectivity index (χ3n) is 5.32. The van der Waals surface area contributed by atoms with E-state index in [0.717, 1.165) is 19.4 Å². The van der Waals surface area contributed by atoms with Gasteiger partial charge in [-0.1, -0.05) is 0 Å². The molecule has 0 bridgehead atoms. The van der Waals surface area contributed by atoms with Crippen molar-refractivity contribution in [1.82, 2.24) is 20.4 Å². The van der Waals surface area contributed by atoms with Crippen molar-refractivity contribution in [2.75, 3.05) is 26.2 Å². The van der Waals surface area contributed by atoms with E-state index in [4.69, 9.17) is 0 Å². The molecule has 23 heavy (non-hydrogen) atoms. The number of piperidine rings is 1. The Hall–Kier alpha value is -1.63. The van der Waals surface area contributed by atoms with Crippen LogP contribution < -0.4 is 10.6 Å². The number of carbonyl (C=O) groups is 3. The lowest BCUT2D eigenvalue weighted by molar-refractivity contribution is -0.137. The van der Waals surface area contributed by atoms with Crippen LogP contribution in [0.4, 0.5) is 4.79 Å². The summed E-state index contributed by atoms with van der Waals surface area (Å²) in [5.74, 6) is -0.132. The van der Waals surface area contributed by atoms with Gasteiger partial charge in [-0.15, -0.1) is 0 Å². The van der Waals surface area contributed by atoms with Crippen LogP contribution in [0.25, 0.3) is 0 Å². The zero-order chi connectivity index (χ0) is 17.2. The largest absolute Gasteiger partial charge is 0.342 e. The van der Waals surface area contributed by atoms with Crippen molar-refractivity contribution in [2.24, 2.45) is 5.92 Å². The van der Waals surface area contributed by atoms with Crippen LogP contribution in [0.15, 0.2) is 0 Å². The molecule has 0 saturated carbocycles. The molecule has 2 heterocycles. The fraction of sp³-hybridized carbons (Fsp3) is 0.812. The maximum absolute atomic E-state index is 12.6. The SMILES string of the molecule is CCN(CC)C(=O)[C@H](C)N1CCC[C@@H]([C@]2(C)NC(=O)NC2=O)C1. The Bertz CT molecular complexity index is 492. The molecule has 2 rings (SSSR count). The Morgan fingerprint density at radius 2 is 2.04 bits per heavy atom. The number of carbonyl (C=O) groups excluding carboxylic acids is 3. The Morgan fingerprint density at radius 1 is 1.39 bits per heavy atom. The van der Waals surface area contributed by atoms with Gasteiger partial charge in [-0.3, -0.25) is 19.8 Å². The first-order valence-electron chi connectivity index (χ1n) is 8.49. The Kier molecular flexibility index (Phi) is 5.29. The third kappa shape index (κ3) is 3.34. The van der Waals surface area contributed by atoms with Crippen molar-refractivity contribution in [3.8, 4) is 0 Å². The molecule has 0 aromatic carbocycles. The summed E-state index contributed by atoms with van der Waals surface area (Å²) >= 11 is 0. The van der Waals surface area contributed by atoms with Gasteiger partial charge in [0, 0.05) is 25.6 Å². The van der Waals surface area contributed by atoms with Gasteiger partial charge in [-0.25, -0.2) is 4.79 Å². The fourth-order valence-corrected chi connectivity index (χ4v) is 3.63. The van der Waals surface area contributed by atoms with Gasteiger partial charge in [-0.05, 0) is 47.1 Å². The second-order valence-corrected chi connectivity index (χ2v) is 6.63. The molecule has 0 spiro atoms. The van der Waals surface area contributed by atoms with Crippen LogP contribution in [0.1, 0.15) is 40.5 Å². The van der Waals surface area contributed by atoms with Gasteiger partial charge < -0.3 is 10.2 Å². The molecule has 2 saturated heterocycles. The minimum absolute atomic E-state index is 0.00894. The standard InChI is InChI=1S/C16H28N4O3/c1-5-19(6-2)13(21)11(3)20-9-7-8-12(10-20)16(4)14(22)17-15(23)18-16/h11-12H,5-10H2,1-4H3,(H2,17,18,22,23)/t11-,12+,16-/m0/s1. The van der Waals surface area contributed by atoms with Gasteiger partial charge >= 0.3 is 6.03 Å². The van der Waals surface area contributed by atoms with Gasteiger partial charge in [0.25, 0.3) is 5.91 Å². The van der Waals surface area contributed by atoms with Crippen molar-refractivity contribution >= 4 is 17.8 Å². The second kappa shape index (κ2) is 6.86. The molecule has 0 aromatic heterocycles. The second-order valence-electron chi connectivity index (χ2n) is 6.63. The molecule has 0 aliphatic carbocycles. The molecule has 2 N–H and O–H groups in total. The van der Waals surface area contributed by atoms with Crippen LogP contribution in [0.2, 0.25) is 0 Å². The summed E-state index contributed by atoms with van der Waals surface area (Å²) in [7, 11) is 0. The Labute approximate surface area is 137 Å². The number of rotatable bonds is 5. The van der Waals surface area contributed by atoms with Crippen molar-refractivity contribution in [3.05, 3.63) is 0 Å². The van der Waals surface area contributed by atoms with E-state index in [9.17, 15) is 14.4 Å². The Balaban J connectivity index is 2.07. The summed E-state index contributed by atoms with van der Waals surface area (Å²) in [5, 5.41) is 5.09. The van der Waals surface area contributed by atoms with Crippen LogP contribution in [-0.2, 0) is 9.59 Å². The molecule has 130 valence electrons. The number of hydrogen-bond acceptors (Lipinski definition) is 4. The summed E-state index contributed by atoms with van der Waals surface area (Å²) in [5.41, 5.74) is -0.881. The molecule has 2 fully saturated rings. The number of nitrogens with one attached hydrogen (secondary N) is 2. The molecule has 4 amide bonds. The Morgan fingerprint density at radius 3 is 2.57 bits per heavy atom. The van der Waals surface area contributed by atoms with E-state index < -0.39 is 11.6 Å². The van der Waals surface area contributed by atoms with Crippen molar-refractivity contribution < 1.29 is 14.4 Å². The fourth-order valence-electron chi connectivity index (χ4n) is 3.63. The van der Waals surface area contributed by atoms with Crippen LogP contribution in [0.3, 0.4) is 0 Å². The number of amides is 4. The first-order chi connectivity index (χ1) is 10.8. The normalized spacial score (nSPS) is 29.8. The van der Waals surface area contributed by atoms with E-state index >= 15 is 0 Å². The highest BCUT2D eigenvalue weighted by atomic mass is 16.2. The molecule has 2 aliphatic rings. The van der Waals surface area contributed by atoms with Gasteiger partial charge in [0.1, 0.15) is 5.54 Å². The average Bonchev–Trinajstić information content (AvgIpc) is 2.81. The molecular formula is C16H28N4O3. The smallest absolute Gasteiger partial charge is 0.322 e. The predicted octanol–water partition coefficient (Wildman–Crippen LogP) is 0.553. The maximum Gasteiger partial charge on any atom is 0.322 e. The highest BCUT2D eigenvalue weighted by Crippen LogP contribution is 2.30. The first kappa shape index (κ1) is 17.7. The minimum Gasteiger partial charge on any atom is -0.342 e. The highest BCUT2D eigenvalue weighted by Gasteiger charge is 2.49. The number of nitrogens with zero attached hydrogens (tertiary/aromatic N) is 2. The van der Waals surface area contributed by atoms with E-state index in [2.05, 4.69) is 15.5 Å². The van der Waals surface area contributed by atoms with Crippen LogP contribution in [-0.4, -0.2) is 65.4 Å². The monoisotopic (exact) mass is 324 g/mol. The van der Waals surface area contributed by atoms with E-state index in [1.165, 1.54) is 0 Å². The topological polar surface area (TPSA) is 81.8 Å². The third-order valence-corrected chi connectivity index (χ3v) is 5.32. The predicted molar refractivity (Wildman–Crippen MR) is 86.8 cm³/mol. The molecule has 3 atom stereocenters. The van der Waals surface area contributed by atoms with Crippen LogP contribution in [0, 0.1) is 5.92 Å². The first-order valence-corrected chi connectivity index (χ1v) is 8.49. The quantitative estimate of drug-likeness (QED) is 0.724. The summed E-state index contributed by atoms with van der Waals surface area (Å²) < 4.78 is 0. The van der Waals surface area contributed by atoms with Gasteiger partial charge in [0.2, 0.25) is 5.91 Å². The number of urea groups is 1. The lowest BCUT2D eigenvalue weighted by Crippen LogP contribution is -2.58. The molecule has 0 radical (unpaired) electrons. The van der Waals surface area contributed by atoms with Crippen LogP contribution in [0.5, 0.6) is 0 Å². The number of hydrogen-bond donors (Lipinski definition) is 2. The molecule has 7 nitrogen and oxygen atoms in total. The number of imide groups is 1. The van der Waals surface area contributed by atoms with Crippen molar-refractivity contribution in [1.29, 1.82) is 0 Å². The molecule has 0 unspecified atom stereocenters. The molecule has 0 aromatic rings. The average molecular weight is 324 g/mol. The van der Waals surface area contributed by atoms with Gasteiger partial charge in [0.05, 0.1) is 6.04 Å². The summed E-state index contributed by atoms with van der Waals surface area (Å²) in [6, 6.07) is -0.636. The lowest BCUT2D eigenvalue weighted by Gasteiger charge is -2.42. The van der Waals surface area contributed by atoms with Crippen LogP contribution >= 0.6 is 0 Å². The summed E-state index contributed by atoms with van der Waals surface area (Å²) in [6.45, 7) is 10.5.